The molecule has 0 aliphatic carbocycles. The predicted molar refractivity (Wildman–Crippen MR) is 113 cm³/mol. The summed E-state index contributed by atoms with van der Waals surface area (Å²) in [5.74, 6) is 0. The molecule has 166 valence electrons. The highest BCUT2D eigenvalue weighted by Gasteiger charge is 2.40. The number of unbranched alkanes of at least 4 members (excludes halogenated alkanes) is 11. The quantitative estimate of drug-likeness (QED) is 0.238. The van der Waals surface area contributed by atoms with Crippen LogP contribution in [0.2, 0.25) is 0 Å². The topological polar surface area (TPSA) is 79.2 Å². The Balaban J connectivity index is 1.84. The van der Waals surface area contributed by atoms with E-state index in [0.29, 0.717) is 6.61 Å². The third kappa shape index (κ3) is 11.5. The average Bonchev–Trinajstić information content (AvgIpc) is 3.07. The number of aliphatic hydroxyl groups is 3. The molecule has 0 aromatic heterocycles. The summed E-state index contributed by atoms with van der Waals surface area (Å²) in [6, 6.07) is 0. The summed E-state index contributed by atoms with van der Waals surface area (Å²) in [7, 11) is 0. The van der Waals surface area contributed by atoms with Crippen LogP contribution in [0.15, 0.2) is 12.2 Å². The molecule has 28 heavy (non-hydrogen) atoms. The highest BCUT2D eigenvalue weighted by molar-refractivity contribution is 4.88. The molecule has 5 heteroatoms. The molecule has 1 saturated heterocycles. The van der Waals surface area contributed by atoms with Crippen LogP contribution in [0.1, 0.15) is 90.4 Å². The van der Waals surface area contributed by atoms with Gasteiger partial charge in [0.1, 0.15) is 24.4 Å². The van der Waals surface area contributed by atoms with E-state index in [1.807, 2.05) is 0 Å². The Bertz CT molecular complexity index is 374. The fourth-order valence-corrected chi connectivity index (χ4v) is 3.61. The summed E-state index contributed by atoms with van der Waals surface area (Å²) >= 11 is 0. The van der Waals surface area contributed by atoms with Crippen LogP contribution < -0.4 is 0 Å². The zero-order chi connectivity index (χ0) is 20.5. The number of rotatable bonds is 18. The molecule has 0 spiro atoms. The average molecular weight is 401 g/mol. The zero-order valence-corrected chi connectivity index (χ0v) is 17.9. The Morgan fingerprint density at radius 1 is 0.929 bits per heavy atom. The van der Waals surface area contributed by atoms with Crippen LogP contribution in [-0.4, -0.2) is 59.6 Å². The van der Waals surface area contributed by atoms with Crippen LogP contribution in [0.5, 0.6) is 0 Å². The van der Waals surface area contributed by atoms with Crippen LogP contribution in [-0.2, 0) is 9.47 Å². The van der Waals surface area contributed by atoms with Crippen LogP contribution in [0.4, 0.5) is 0 Å². The predicted octanol–water partition coefficient (Wildman–Crippen LogP) is 4.13. The minimum absolute atomic E-state index is 0.274. The number of hydrogen-bond acceptors (Lipinski definition) is 5. The van der Waals surface area contributed by atoms with Gasteiger partial charge in [0.2, 0.25) is 0 Å². The molecule has 0 amide bonds. The van der Waals surface area contributed by atoms with Gasteiger partial charge in [-0.05, 0) is 32.1 Å². The summed E-state index contributed by atoms with van der Waals surface area (Å²) in [5.41, 5.74) is 0. The molecule has 3 N–H and O–H groups in total. The Kier molecular flexibility index (Phi) is 15.9. The molecule has 0 saturated carbocycles. The molecule has 0 bridgehead atoms. The smallest absolute Gasteiger partial charge is 0.114 e. The SMILES string of the molecule is CCCCCC/C=C/CCCCCCCCCO[C@H]1CO[C@@H]([C@H](O)CO)[C@H]1O. The first-order valence-corrected chi connectivity index (χ1v) is 11.6. The first-order valence-electron chi connectivity index (χ1n) is 11.6. The summed E-state index contributed by atoms with van der Waals surface area (Å²) < 4.78 is 11.0. The molecule has 1 rings (SSSR count). The Hall–Kier alpha value is -0.460. The molecular weight excluding hydrogens is 356 g/mol. The van der Waals surface area contributed by atoms with Crippen LogP contribution in [0, 0.1) is 0 Å². The number of hydrogen-bond donors (Lipinski definition) is 3. The number of allylic oxidation sites excluding steroid dienone is 2. The van der Waals surface area contributed by atoms with E-state index in [4.69, 9.17) is 14.6 Å². The maximum Gasteiger partial charge on any atom is 0.114 e. The van der Waals surface area contributed by atoms with Gasteiger partial charge in [0.25, 0.3) is 0 Å². The standard InChI is InChI=1S/C23H44O5/c1-2-3-4-5-6-7-8-9-10-11-12-13-14-15-16-17-27-21-19-28-23(22(21)26)20(25)18-24/h7-8,20-26H,2-6,9-19H2,1H3/b8-7+/t20-,21+,22+,23+/m1/s1. The minimum Gasteiger partial charge on any atom is -0.394 e. The van der Waals surface area contributed by atoms with E-state index in [-0.39, 0.29) is 6.61 Å². The van der Waals surface area contributed by atoms with Gasteiger partial charge in [-0.15, -0.1) is 0 Å². The first kappa shape index (κ1) is 25.6. The Morgan fingerprint density at radius 2 is 1.50 bits per heavy atom. The van der Waals surface area contributed by atoms with Crippen LogP contribution in [0.25, 0.3) is 0 Å². The minimum atomic E-state index is -1.05. The molecule has 1 aliphatic rings. The fourth-order valence-electron chi connectivity index (χ4n) is 3.61. The van der Waals surface area contributed by atoms with Crippen molar-refractivity contribution in [3.05, 3.63) is 12.2 Å². The third-order valence-electron chi connectivity index (χ3n) is 5.47. The second-order valence-electron chi connectivity index (χ2n) is 8.03. The van der Waals surface area contributed by atoms with Gasteiger partial charge in [-0.25, -0.2) is 0 Å². The summed E-state index contributed by atoms with van der Waals surface area (Å²) in [6.45, 7) is 2.72. The molecule has 0 aromatic carbocycles. The van der Waals surface area contributed by atoms with Crippen molar-refractivity contribution >= 4 is 0 Å². The molecule has 0 unspecified atom stereocenters. The highest BCUT2D eigenvalue weighted by atomic mass is 16.6. The van der Waals surface area contributed by atoms with Crippen molar-refractivity contribution in [3.8, 4) is 0 Å². The fraction of sp³-hybridized carbons (Fsp3) is 0.913. The highest BCUT2D eigenvalue weighted by Crippen LogP contribution is 2.20. The molecule has 4 atom stereocenters. The molecule has 1 aliphatic heterocycles. The van der Waals surface area contributed by atoms with Crippen molar-refractivity contribution in [1.29, 1.82) is 0 Å². The second kappa shape index (κ2) is 17.4. The van der Waals surface area contributed by atoms with Gasteiger partial charge in [-0.3, -0.25) is 0 Å². The van der Waals surface area contributed by atoms with Crippen molar-refractivity contribution in [3.63, 3.8) is 0 Å². The van der Waals surface area contributed by atoms with E-state index in [1.54, 1.807) is 0 Å². The van der Waals surface area contributed by atoms with E-state index < -0.39 is 31.0 Å². The number of aliphatic hydroxyl groups excluding tert-OH is 3. The lowest BCUT2D eigenvalue weighted by Crippen LogP contribution is -2.41. The first-order chi connectivity index (χ1) is 13.7. The third-order valence-corrected chi connectivity index (χ3v) is 5.47. The van der Waals surface area contributed by atoms with Gasteiger partial charge in [0.15, 0.2) is 0 Å². The lowest BCUT2D eigenvalue weighted by molar-refractivity contribution is -0.0730. The monoisotopic (exact) mass is 400 g/mol. The van der Waals surface area contributed by atoms with E-state index in [1.165, 1.54) is 70.6 Å². The second-order valence-corrected chi connectivity index (χ2v) is 8.03. The maximum atomic E-state index is 10.0. The van der Waals surface area contributed by atoms with Gasteiger partial charge in [0.05, 0.1) is 13.2 Å². The van der Waals surface area contributed by atoms with Gasteiger partial charge in [-0.1, -0.05) is 70.4 Å². The van der Waals surface area contributed by atoms with Crippen molar-refractivity contribution in [1.82, 2.24) is 0 Å². The molecule has 0 aromatic rings. The summed E-state index contributed by atoms with van der Waals surface area (Å²) in [5, 5.41) is 28.6. The van der Waals surface area contributed by atoms with Crippen molar-refractivity contribution < 1.29 is 24.8 Å². The molecule has 0 radical (unpaired) electrons. The lowest BCUT2D eigenvalue weighted by atomic mass is 10.1. The van der Waals surface area contributed by atoms with Crippen LogP contribution in [0.3, 0.4) is 0 Å². The molecule has 1 fully saturated rings. The van der Waals surface area contributed by atoms with Crippen molar-refractivity contribution in [2.45, 2.75) is 115 Å². The van der Waals surface area contributed by atoms with Crippen molar-refractivity contribution in [2.75, 3.05) is 19.8 Å². The Labute approximate surface area is 172 Å². The summed E-state index contributed by atoms with van der Waals surface area (Å²) in [4.78, 5) is 0. The van der Waals surface area contributed by atoms with E-state index in [9.17, 15) is 10.2 Å². The lowest BCUT2D eigenvalue weighted by Gasteiger charge is -2.20. The van der Waals surface area contributed by atoms with E-state index in [0.717, 1.165) is 12.8 Å². The largest absolute Gasteiger partial charge is 0.394 e. The number of ether oxygens (including phenoxy) is 2. The van der Waals surface area contributed by atoms with Gasteiger partial charge >= 0.3 is 0 Å². The van der Waals surface area contributed by atoms with E-state index in [2.05, 4.69) is 19.1 Å². The van der Waals surface area contributed by atoms with Crippen molar-refractivity contribution in [2.24, 2.45) is 0 Å². The molecule has 1 heterocycles. The Morgan fingerprint density at radius 3 is 2.11 bits per heavy atom. The van der Waals surface area contributed by atoms with Crippen LogP contribution >= 0.6 is 0 Å². The maximum absolute atomic E-state index is 10.0. The summed E-state index contributed by atoms with van der Waals surface area (Å²) in [6.07, 6.45) is 18.1. The van der Waals surface area contributed by atoms with Gasteiger partial charge in [-0.2, -0.15) is 0 Å². The molecule has 5 nitrogen and oxygen atoms in total. The normalized spacial score (nSPS) is 23.6. The van der Waals surface area contributed by atoms with Gasteiger partial charge < -0.3 is 24.8 Å². The van der Waals surface area contributed by atoms with Gasteiger partial charge in [0, 0.05) is 6.61 Å². The van der Waals surface area contributed by atoms with E-state index >= 15 is 0 Å². The molecular formula is C23H44O5. The zero-order valence-electron chi connectivity index (χ0n) is 17.9.